The van der Waals surface area contributed by atoms with E-state index >= 15 is 0 Å². The van der Waals surface area contributed by atoms with E-state index in [1.165, 1.54) is 0 Å². The summed E-state index contributed by atoms with van der Waals surface area (Å²) >= 11 is 11.9. The Hall–Kier alpha value is 0.130. The number of hydrogen-bond acceptors (Lipinski definition) is 5. The molecule has 1 aromatic rings. The minimum atomic E-state index is 0.524. The Morgan fingerprint density at radius 1 is 1.11 bits per heavy atom. The van der Waals surface area contributed by atoms with E-state index in [0.29, 0.717) is 14.9 Å². The van der Waals surface area contributed by atoms with Crippen molar-refractivity contribution in [2.75, 3.05) is 0 Å². The molecule has 1 heterocycles. The fourth-order valence-corrected chi connectivity index (χ4v) is 0.917. The molecule has 0 N–H and O–H groups in total. The van der Waals surface area contributed by atoms with Crippen LogP contribution in [0.2, 0.25) is 0 Å². The second-order valence-corrected chi connectivity index (χ2v) is 2.77. The molecule has 0 bridgehead atoms. The zero-order valence-corrected chi connectivity index (χ0v) is 7.00. The van der Waals surface area contributed by atoms with Gasteiger partial charge in [-0.2, -0.15) is 0 Å². The normalized spacial score (nSPS) is 9.67. The van der Waals surface area contributed by atoms with Gasteiger partial charge in [-0.05, 0) is 6.07 Å². The van der Waals surface area contributed by atoms with Crippen molar-refractivity contribution >= 4 is 37.9 Å². The van der Waals surface area contributed by atoms with Gasteiger partial charge in [0.1, 0.15) is 10.1 Å². The second-order valence-electron chi connectivity index (χ2n) is 1.41. The van der Waals surface area contributed by atoms with Crippen LogP contribution in [0.5, 0.6) is 0 Å². The summed E-state index contributed by atoms with van der Waals surface area (Å²) in [7, 11) is 0. The topological polar surface area (TPSA) is 25.8 Å². The summed E-state index contributed by atoms with van der Waals surface area (Å²) in [6.45, 7) is 0. The minimum absolute atomic E-state index is 0.524. The van der Waals surface area contributed by atoms with E-state index in [4.69, 9.17) is 0 Å². The number of nitrogens with zero attached hydrogens (tertiary/aromatic N) is 2. The molecule has 48 valence electrons. The lowest BCUT2D eigenvalue weighted by molar-refractivity contribution is 0.817. The molecule has 2 nitrogen and oxygen atoms in total. The Bertz CT molecular complexity index is 225. The fourth-order valence-electron chi connectivity index (χ4n) is 0.366. The Morgan fingerprint density at radius 3 is 2.22 bits per heavy atom. The van der Waals surface area contributed by atoms with Crippen LogP contribution in [0, 0.1) is 0 Å². The third kappa shape index (κ3) is 1.77. The van der Waals surface area contributed by atoms with Crippen LogP contribution >= 0.6 is 37.9 Å². The number of thiol groups is 3. The highest BCUT2D eigenvalue weighted by molar-refractivity contribution is 7.83. The SMILES string of the molecule is Sc1cc(S)c(S)nn1. The molecule has 0 saturated heterocycles. The first-order valence-electron chi connectivity index (χ1n) is 2.15. The highest BCUT2D eigenvalue weighted by atomic mass is 32.1. The van der Waals surface area contributed by atoms with E-state index in [9.17, 15) is 0 Å². The summed E-state index contributed by atoms with van der Waals surface area (Å²) < 4.78 is 0. The lowest BCUT2D eigenvalue weighted by atomic mass is 10.6. The maximum Gasteiger partial charge on any atom is 0.129 e. The van der Waals surface area contributed by atoms with Gasteiger partial charge in [0.15, 0.2) is 0 Å². The van der Waals surface area contributed by atoms with Crippen molar-refractivity contribution in [2.45, 2.75) is 14.9 Å². The number of hydrogen-bond donors (Lipinski definition) is 3. The predicted octanol–water partition coefficient (Wildman–Crippen LogP) is 1.34. The van der Waals surface area contributed by atoms with E-state index in [2.05, 4.69) is 48.1 Å². The maximum absolute atomic E-state index is 4.04. The Kier molecular flexibility index (Phi) is 2.26. The molecule has 0 atom stereocenters. The molecule has 1 aromatic heterocycles. The Morgan fingerprint density at radius 2 is 1.78 bits per heavy atom. The second kappa shape index (κ2) is 2.81. The van der Waals surface area contributed by atoms with Crippen LogP contribution in [0.3, 0.4) is 0 Å². The molecular weight excluding hydrogens is 172 g/mol. The highest BCUT2D eigenvalue weighted by Gasteiger charge is 1.94. The average molecular weight is 176 g/mol. The fraction of sp³-hybridized carbons (Fsp3) is 0. The lowest BCUT2D eigenvalue weighted by Gasteiger charge is -1.93. The number of rotatable bonds is 0. The quantitative estimate of drug-likeness (QED) is 0.520. The molecule has 0 aliphatic carbocycles. The predicted molar refractivity (Wildman–Crippen MR) is 43.8 cm³/mol. The zero-order valence-electron chi connectivity index (χ0n) is 4.31. The molecule has 0 amide bonds. The summed E-state index contributed by atoms with van der Waals surface area (Å²) in [5.41, 5.74) is 0. The molecule has 0 aliphatic heterocycles. The van der Waals surface area contributed by atoms with Gasteiger partial charge in [-0.3, -0.25) is 0 Å². The molecule has 1 rings (SSSR count). The molecule has 0 saturated carbocycles. The Labute approximate surface area is 69.3 Å². The molecule has 0 radical (unpaired) electrons. The van der Waals surface area contributed by atoms with Crippen LogP contribution in [0.15, 0.2) is 21.0 Å². The van der Waals surface area contributed by atoms with Gasteiger partial charge in [0.25, 0.3) is 0 Å². The summed E-state index contributed by atoms with van der Waals surface area (Å²) in [6, 6.07) is 1.68. The van der Waals surface area contributed by atoms with Gasteiger partial charge in [-0.25, -0.2) is 0 Å². The molecule has 0 unspecified atom stereocenters. The van der Waals surface area contributed by atoms with Gasteiger partial charge in [0.05, 0.1) is 0 Å². The summed E-state index contributed by atoms with van der Waals surface area (Å²) in [5, 5.41) is 8.35. The van der Waals surface area contributed by atoms with Gasteiger partial charge in [-0.1, -0.05) is 0 Å². The van der Waals surface area contributed by atoms with Crippen molar-refractivity contribution in [3.63, 3.8) is 0 Å². The molecule has 0 fully saturated rings. The van der Waals surface area contributed by atoms with Crippen LogP contribution in [0.4, 0.5) is 0 Å². The smallest absolute Gasteiger partial charge is 0.129 e. The first-order chi connectivity index (χ1) is 4.20. The van der Waals surface area contributed by atoms with Gasteiger partial charge in [-0.15, -0.1) is 48.1 Å². The van der Waals surface area contributed by atoms with Crippen molar-refractivity contribution in [1.82, 2.24) is 10.2 Å². The van der Waals surface area contributed by atoms with Crippen LogP contribution in [-0.4, -0.2) is 10.2 Å². The molecule has 9 heavy (non-hydrogen) atoms. The first kappa shape index (κ1) is 7.24. The van der Waals surface area contributed by atoms with E-state index in [-0.39, 0.29) is 0 Å². The van der Waals surface area contributed by atoms with Crippen LogP contribution in [0.1, 0.15) is 0 Å². The average Bonchev–Trinajstić information content (AvgIpc) is 1.80. The Balaban J connectivity index is 3.17. The van der Waals surface area contributed by atoms with E-state index < -0.39 is 0 Å². The first-order valence-corrected chi connectivity index (χ1v) is 3.49. The molecule has 5 heteroatoms. The van der Waals surface area contributed by atoms with Crippen LogP contribution in [0.25, 0.3) is 0 Å². The highest BCUT2D eigenvalue weighted by Crippen LogP contribution is 2.15. The lowest BCUT2D eigenvalue weighted by Crippen LogP contribution is -1.84. The maximum atomic E-state index is 4.04. The van der Waals surface area contributed by atoms with Crippen molar-refractivity contribution in [3.8, 4) is 0 Å². The van der Waals surface area contributed by atoms with Crippen molar-refractivity contribution in [3.05, 3.63) is 6.07 Å². The van der Waals surface area contributed by atoms with Gasteiger partial charge < -0.3 is 0 Å². The monoisotopic (exact) mass is 176 g/mol. The van der Waals surface area contributed by atoms with Gasteiger partial charge >= 0.3 is 0 Å². The summed E-state index contributed by atoms with van der Waals surface area (Å²) in [6.07, 6.45) is 0. The van der Waals surface area contributed by atoms with Crippen molar-refractivity contribution < 1.29 is 0 Å². The molecular formula is C4H4N2S3. The van der Waals surface area contributed by atoms with Gasteiger partial charge in [0.2, 0.25) is 0 Å². The van der Waals surface area contributed by atoms with Crippen molar-refractivity contribution in [1.29, 1.82) is 0 Å². The van der Waals surface area contributed by atoms with E-state index in [1.807, 2.05) is 0 Å². The minimum Gasteiger partial charge on any atom is -0.143 e. The molecule has 0 spiro atoms. The van der Waals surface area contributed by atoms with Crippen molar-refractivity contribution in [2.24, 2.45) is 0 Å². The number of aromatic nitrogens is 2. The largest absolute Gasteiger partial charge is 0.143 e. The van der Waals surface area contributed by atoms with E-state index in [0.717, 1.165) is 0 Å². The third-order valence-corrected chi connectivity index (χ3v) is 1.81. The standard InChI is InChI=1S/C4H4N2S3/c7-2-1-3(8)5-6-4(2)9/h1H,(H,6,9)(H2,5,7,8). The van der Waals surface area contributed by atoms with Crippen LogP contribution in [-0.2, 0) is 0 Å². The van der Waals surface area contributed by atoms with E-state index in [1.54, 1.807) is 6.07 Å². The zero-order chi connectivity index (χ0) is 6.85. The summed E-state index contributed by atoms with van der Waals surface area (Å²) in [5.74, 6) is 0. The third-order valence-electron chi connectivity index (χ3n) is 0.742. The summed E-state index contributed by atoms with van der Waals surface area (Å²) in [4.78, 5) is 0.693. The van der Waals surface area contributed by atoms with Gasteiger partial charge in [0, 0.05) is 4.90 Å². The molecule has 0 aromatic carbocycles. The van der Waals surface area contributed by atoms with Crippen LogP contribution < -0.4 is 0 Å². The molecule has 0 aliphatic rings.